The number of anilines is 3. The molecular formula is C19H17BrN4O. The zero-order chi connectivity index (χ0) is 17.6. The molecule has 2 N–H and O–H groups in total. The highest BCUT2D eigenvalue weighted by Gasteiger charge is 2.10. The van der Waals surface area contributed by atoms with Gasteiger partial charge in [0.2, 0.25) is 5.95 Å². The van der Waals surface area contributed by atoms with E-state index in [0.717, 1.165) is 27.8 Å². The molecule has 3 rings (SSSR count). The molecule has 0 spiro atoms. The van der Waals surface area contributed by atoms with Crippen LogP contribution in [0.3, 0.4) is 0 Å². The number of aromatic nitrogens is 2. The first-order valence-corrected chi connectivity index (χ1v) is 8.69. The lowest BCUT2D eigenvalue weighted by atomic mass is 10.1. The summed E-state index contributed by atoms with van der Waals surface area (Å²) in [5, 5.41) is 6.01. The minimum absolute atomic E-state index is 0.228. The van der Waals surface area contributed by atoms with E-state index in [9.17, 15) is 4.79 Å². The number of para-hydroxylation sites is 2. The van der Waals surface area contributed by atoms with E-state index in [0.29, 0.717) is 11.5 Å². The minimum atomic E-state index is -0.228. The number of aryl methyl sites for hydroxylation is 1. The van der Waals surface area contributed by atoms with Crippen molar-refractivity contribution in [3.8, 4) is 0 Å². The van der Waals surface area contributed by atoms with E-state index >= 15 is 0 Å². The van der Waals surface area contributed by atoms with Gasteiger partial charge in [0.1, 0.15) is 0 Å². The molecule has 0 saturated carbocycles. The van der Waals surface area contributed by atoms with Gasteiger partial charge in [-0.1, -0.05) is 37.3 Å². The predicted molar refractivity (Wildman–Crippen MR) is 103 cm³/mol. The van der Waals surface area contributed by atoms with Crippen LogP contribution in [-0.4, -0.2) is 15.9 Å². The van der Waals surface area contributed by atoms with Crippen LogP contribution in [0.2, 0.25) is 0 Å². The Bertz CT molecular complexity index is 881. The van der Waals surface area contributed by atoms with E-state index in [4.69, 9.17) is 0 Å². The van der Waals surface area contributed by atoms with Crippen LogP contribution in [0.25, 0.3) is 0 Å². The molecule has 0 unspecified atom stereocenters. The molecule has 0 fully saturated rings. The molecule has 0 aliphatic rings. The van der Waals surface area contributed by atoms with E-state index < -0.39 is 0 Å². The summed E-state index contributed by atoms with van der Waals surface area (Å²) in [7, 11) is 0. The summed E-state index contributed by atoms with van der Waals surface area (Å²) in [4.78, 5) is 20.8. The summed E-state index contributed by atoms with van der Waals surface area (Å²) in [6.07, 6.45) is 3.87. The topological polar surface area (TPSA) is 66.9 Å². The second kappa shape index (κ2) is 7.90. The Labute approximate surface area is 154 Å². The van der Waals surface area contributed by atoms with Gasteiger partial charge in [0.05, 0.1) is 11.3 Å². The molecule has 6 heteroatoms. The van der Waals surface area contributed by atoms with Gasteiger partial charge in [-0.2, -0.15) is 0 Å². The zero-order valence-electron chi connectivity index (χ0n) is 13.7. The Kier molecular flexibility index (Phi) is 5.40. The lowest BCUT2D eigenvalue weighted by molar-refractivity contribution is 0.102. The zero-order valence-corrected chi connectivity index (χ0v) is 15.2. The van der Waals surface area contributed by atoms with Crippen molar-refractivity contribution in [2.45, 2.75) is 13.3 Å². The molecule has 1 heterocycles. The van der Waals surface area contributed by atoms with Crippen LogP contribution in [0, 0.1) is 0 Å². The molecular weight excluding hydrogens is 380 g/mol. The number of nitrogens with one attached hydrogen (secondary N) is 2. The normalized spacial score (nSPS) is 10.3. The van der Waals surface area contributed by atoms with Crippen molar-refractivity contribution >= 4 is 39.2 Å². The average molecular weight is 397 g/mol. The summed E-state index contributed by atoms with van der Waals surface area (Å²) < 4.78 is 0.914. The monoisotopic (exact) mass is 396 g/mol. The lowest BCUT2D eigenvalue weighted by Crippen LogP contribution is -2.14. The smallest absolute Gasteiger partial charge is 0.258 e. The fourth-order valence-electron chi connectivity index (χ4n) is 2.34. The van der Waals surface area contributed by atoms with Crippen molar-refractivity contribution in [3.05, 3.63) is 76.5 Å². The average Bonchev–Trinajstić information content (AvgIpc) is 2.64. The van der Waals surface area contributed by atoms with Gasteiger partial charge in [-0.15, -0.1) is 0 Å². The summed E-state index contributed by atoms with van der Waals surface area (Å²) in [5.41, 5.74) is 3.16. The molecule has 5 nitrogen and oxygen atoms in total. The Morgan fingerprint density at radius 2 is 1.64 bits per heavy atom. The van der Waals surface area contributed by atoms with Gasteiger partial charge in [-0.25, -0.2) is 9.97 Å². The molecule has 0 saturated heterocycles. The highest BCUT2D eigenvalue weighted by Crippen LogP contribution is 2.23. The summed E-state index contributed by atoms with van der Waals surface area (Å²) in [6.45, 7) is 2.05. The van der Waals surface area contributed by atoms with Gasteiger partial charge < -0.3 is 10.6 Å². The third-order valence-electron chi connectivity index (χ3n) is 3.68. The van der Waals surface area contributed by atoms with E-state index in [2.05, 4.69) is 43.5 Å². The van der Waals surface area contributed by atoms with Crippen LogP contribution in [0.15, 0.2) is 65.4 Å². The largest absolute Gasteiger partial charge is 0.323 e. The highest BCUT2D eigenvalue weighted by atomic mass is 79.9. The van der Waals surface area contributed by atoms with Crippen LogP contribution in [0.5, 0.6) is 0 Å². The van der Waals surface area contributed by atoms with Gasteiger partial charge >= 0.3 is 0 Å². The fourth-order valence-corrected chi connectivity index (χ4v) is 2.72. The van der Waals surface area contributed by atoms with Crippen LogP contribution in [-0.2, 0) is 6.42 Å². The molecule has 0 aliphatic heterocycles. The number of carbonyl (C=O) groups excluding carboxylic acids is 1. The Morgan fingerprint density at radius 1 is 1.00 bits per heavy atom. The maximum absolute atomic E-state index is 12.4. The molecule has 1 amide bonds. The standard InChI is InChI=1S/C19H17BrN4O/c1-2-13-7-3-5-9-16(13)23-18(25)14-11-21-19(22-12-14)24-17-10-6-4-8-15(17)20/h3-12H,2H2,1H3,(H,23,25)(H,21,22,24). The molecule has 3 aromatic rings. The van der Waals surface area contributed by atoms with Crippen molar-refractivity contribution in [3.63, 3.8) is 0 Å². The number of hydrogen-bond donors (Lipinski definition) is 2. The van der Waals surface area contributed by atoms with Crippen molar-refractivity contribution < 1.29 is 4.79 Å². The van der Waals surface area contributed by atoms with Crippen LogP contribution >= 0.6 is 15.9 Å². The lowest BCUT2D eigenvalue weighted by Gasteiger charge is -2.10. The van der Waals surface area contributed by atoms with Crippen molar-refractivity contribution in [1.82, 2.24) is 9.97 Å². The van der Waals surface area contributed by atoms with Gasteiger partial charge in [-0.3, -0.25) is 4.79 Å². The Hall–Kier alpha value is -2.73. The second-order valence-electron chi connectivity index (χ2n) is 5.37. The van der Waals surface area contributed by atoms with Crippen molar-refractivity contribution in [2.24, 2.45) is 0 Å². The molecule has 126 valence electrons. The minimum Gasteiger partial charge on any atom is -0.323 e. The molecule has 0 atom stereocenters. The first-order chi connectivity index (χ1) is 12.2. The molecule has 1 aromatic heterocycles. The number of benzene rings is 2. The first kappa shape index (κ1) is 17.1. The predicted octanol–water partition coefficient (Wildman–Crippen LogP) is 4.80. The SMILES string of the molecule is CCc1ccccc1NC(=O)c1cnc(Nc2ccccc2Br)nc1. The van der Waals surface area contributed by atoms with E-state index in [-0.39, 0.29) is 5.91 Å². The number of rotatable bonds is 5. The molecule has 2 aromatic carbocycles. The van der Waals surface area contributed by atoms with Crippen LogP contribution < -0.4 is 10.6 Å². The molecule has 25 heavy (non-hydrogen) atoms. The second-order valence-corrected chi connectivity index (χ2v) is 6.22. The first-order valence-electron chi connectivity index (χ1n) is 7.90. The van der Waals surface area contributed by atoms with Gasteiger partial charge in [0.25, 0.3) is 5.91 Å². The molecule has 0 radical (unpaired) electrons. The number of hydrogen-bond acceptors (Lipinski definition) is 4. The van der Waals surface area contributed by atoms with Crippen LogP contribution in [0.4, 0.5) is 17.3 Å². The van der Waals surface area contributed by atoms with Gasteiger partial charge in [0, 0.05) is 22.6 Å². The summed E-state index contributed by atoms with van der Waals surface area (Å²) in [6, 6.07) is 15.4. The van der Waals surface area contributed by atoms with Crippen molar-refractivity contribution in [2.75, 3.05) is 10.6 Å². The number of carbonyl (C=O) groups is 1. The van der Waals surface area contributed by atoms with E-state index in [1.54, 1.807) is 0 Å². The highest BCUT2D eigenvalue weighted by molar-refractivity contribution is 9.10. The fraction of sp³-hybridized carbons (Fsp3) is 0.105. The van der Waals surface area contributed by atoms with Gasteiger partial charge in [0.15, 0.2) is 0 Å². The van der Waals surface area contributed by atoms with Gasteiger partial charge in [-0.05, 0) is 46.1 Å². The van der Waals surface area contributed by atoms with Crippen molar-refractivity contribution in [1.29, 1.82) is 0 Å². The number of amides is 1. The Morgan fingerprint density at radius 3 is 2.32 bits per heavy atom. The maximum Gasteiger partial charge on any atom is 0.258 e. The summed E-state index contributed by atoms with van der Waals surface area (Å²) in [5.74, 6) is 0.200. The quantitative estimate of drug-likeness (QED) is 0.649. The van der Waals surface area contributed by atoms with E-state index in [1.165, 1.54) is 12.4 Å². The molecule has 0 bridgehead atoms. The third kappa shape index (κ3) is 4.22. The van der Waals surface area contributed by atoms with Crippen LogP contribution in [0.1, 0.15) is 22.8 Å². The maximum atomic E-state index is 12.4. The Balaban J connectivity index is 1.71. The van der Waals surface area contributed by atoms with E-state index in [1.807, 2.05) is 48.5 Å². The number of halogens is 1. The summed E-state index contributed by atoms with van der Waals surface area (Å²) >= 11 is 3.46. The third-order valence-corrected chi connectivity index (χ3v) is 4.37. The molecule has 0 aliphatic carbocycles. The number of nitrogens with zero attached hydrogens (tertiary/aromatic N) is 2.